The summed E-state index contributed by atoms with van der Waals surface area (Å²) in [6.45, 7) is 1.43. The van der Waals surface area contributed by atoms with Crippen LogP contribution in [0.4, 0.5) is 11.4 Å². The van der Waals surface area contributed by atoms with Crippen molar-refractivity contribution in [3.63, 3.8) is 0 Å². The number of hydrogen-bond donors (Lipinski definition) is 2. The molecule has 0 fully saturated rings. The summed E-state index contributed by atoms with van der Waals surface area (Å²) in [5.41, 5.74) is 1.91. The Morgan fingerprint density at radius 3 is 2.54 bits per heavy atom. The second kappa shape index (κ2) is 8.81. The Balaban J connectivity index is 1.58. The van der Waals surface area contributed by atoms with Gasteiger partial charge in [0.1, 0.15) is 5.75 Å². The van der Waals surface area contributed by atoms with Crippen molar-refractivity contribution in [3.05, 3.63) is 54.4 Å². The molecule has 0 bridgehead atoms. The van der Waals surface area contributed by atoms with Crippen LogP contribution in [0, 0.1) is 0 Å². The first-order chi connectivity index (χ1) is 13.5. The van der Waals surface area contributed by atoms with Crippen molar-refractivity contribution in [1.82, 2.24) is 10.2 Å². The summed E-state index contributed by atoms with van der Waals surface area (Å²) in [5, 5.41) is 13.5. The van der Waals surface area contributed by atoms with Crippen LogP contribution in [0.3, 0.4) is 0 Å². The Morgan fingerprint density at radius 1 is 1.04 bits per heavy atom. The van der Waals surface area contributed by atoms with Crippen LogP contribution in [-0.4, -0.2) is 29.1 Å². The second-order valence-electron chi connectivity index (χ2n) is 6.01. The zero-order valence-electron chi connectivity index (χ0n) is 15.6. The number of nitrogens with one attached hydrogen (secondary N) is 2. The SMILES string of the molecule is COc1ccccc1-c1nnc(CCC(=O)Nc2cccc(NC(C)=O)c2)o1. The van der Waals surface area contributed by atoms with Crippen molar-refractivity contribution in [2.24, 2.45) is 0 Å². The standard InChI is InChI=1S/C20H20N4O4/c1-13(25)21-14-6-5-7-15(12-14)22-18(26)10-11-19-23-24-20(28-19)16-8-3-4-9-17(16)27-2/h3-9,12H,10-11H2,1-2H3,(H,21,25)(H,22,26). The predicted octanol–water partition coefficient (Wildman–Crippen LogP) is 3.27. The summed E-state index contributed by atoms with van der Waals surface area (Å²) in [6.07, 6.45) is 0.483. The van der Waals surface area contributed by atoms with E-state index >= 15 is 0 Å². The van der Waals surface area contributed by atoms with E-state index in [0.717, 1.165) is 0 Å². The number of benzene rings is 2. The van der Waals surface area contributed by atoms with Gasteiger partial charge in [-0.15, -0.1) is 10.2 Å². The third kappa shape index (κ3) is 4.94. The first-order valence-corrected chi connectivity index (χ1v) is 8.68. The largest absolute Gasteiger partial charge is 0.496 e. The quantitative estimate of drug-likeness (QED) is 0.651. The molecule has 0 aliphatic heterocycles. The number of methoxy groups -OCH3 is 1. The third-order valence-electron chi connectivity index (χ3n) is 3.84. The first-order valence-electron chi connectivity index (χ1n) is 8.68. The van der Waals surface area contributed by atoms with Gasteiger partial charge in [0.2, 0.25) is 17.7 Å². The number of rotatable bonds is 7. The summed E-state index contributed by atoms with van der Waals surface area (Å²) >= 11 is 0. The molecule has 0 saturated carbocycles. The van der Waals surface area contributed by atoms with Gasteiger partial charge < -0.3 is 19.8 Å². The average Bonchev–Trinajstić information content (AvgIpc) is 3.15. The Bertz CT molecular complexity index is 984. The number of aromatic nitrogens is 2. The summed E-state index contributed by atoms with van der Waals surface area (Å²) < 4.78 is 10.9. The fourth-order valence-corrected chi connectivity index (χ4v) is 2.61. The lowest BCUT2D eigenvalue weighted by Crippen LogP contribution is -2.13. The fraction of sp³-hybridized carbons (Fsp3) is 0.200. The Labute approximate surface area is 161 Å². The van der Waals surface area contributed by atoms with E-state index in [2.05, 4.69) is 20.8 Å². The number of aryl methyl sites for hydroxylation is 1. The maximum absolute atomic E-state index is 12.2. The van der Waals surface area contributed by atoms with Crippen molar-refractivity contribution >= 4 is 23.2 Å². The van der Waals surface area contributed by atoms with Gasteiger partial charge in [-0.3, -0.25) is 9.59 Å². The lowest BCUT2D eigenvalue weighted by molar-refractivity contribution is -0.116. The highest BCUT2D eigenvalue weighted by atomic mass is 16.5. The fourth-order valence-electron chi connectivity index (χ4n) is 2.61. The molecule has 2 aromatic carbocycles. The highest BCUT2D eigenvalue weighted by Crippen LogP contribution is 2.28. The van der Waals surface area contributed by atoms with Crippen LogP contribution >= 0.6 is 0 Å². The van der Waals surface area contributed by atoms with E-state index in [1.54, 1.807) is 31.4 Å². The minimum absolute atomic E-state index is 0.175. The van der Waals surface area contributed by atoms with Crippen LogP contribution in [0.25, 0.3) is 11.5 Å². The molecule has 8 heteroatoms. The summed E-state index contributed by atoms with van der Waals surface area (Å²) in [4.78, 5) is 23.3. The molecule has 0 aliphatic carbocycles. The molecule has 1 aromatic heterocycles. The Morgan fingerprint density at radius 2 is 1.79 bits per heavy atom. The van der Waals surface area contributed by atoms with Crippen molar-refractivity contribution in [3.8, 4) is 17.2 Å². The van der Waals surface area contributed by atoms with Gasteiger partial charge in [0.25, 0.3) is 5.89 Å². The van der Waals surface area contributed by atoms with Crippen LogP contribution in [-0.2, 0) is 16.0 Å². The number of carbonyl (C=O) groups excluding carboxylic acids is 2. The van der Waals surface area contributed by atoms with Crippen LogP contribution in [0.15, 0.2) is 52.9 Å². The molecule has 0 radical (unpaired) electrons. The molecule has 8 nitrogen and oxygen atoms in total. The van der Waals surface area contributed by atoms with E-state index in [9.17, 15) is 9.59 Å². The number of amides is 2. The molecule has 144 valence electrons. The zero-order chi connectivity index (χ0) is 19.9. The van der Waals surface area contributed by atoms with Gasteiger partial charge in [0, 0.05) is 31.1 Å². The minimum atomic E-state index is -0.197. The molecule has 28 heavy (non-hydrogen) atoms. The van der Waals surface area contributed by atoms with Crippen molar-refractivity contribution in [2.75, 3.05) is 17.7 Å². The third-order valence-corrected chi connectivity index (χ3v) is 3.84. The first kappa shape index (κ1) is 19.1. The number of nitrogens with zero attached hydrogens (tertiary/aromatic N) is 2. The molecule has 2 amide bonds. The molecule has 3 rings (SSSR count). The van der Waals surface area contributed by atoms with E-state index in [1.165, 1.54) is 6.92 Å². The van der Waals surface area contributed by atoms with Crippen molar-refractivity contribution in [2.45, 2.75) is 19.8 Å². The molecule has 1 heterocycles. The van der Waals surface area contributed by atoms with Crippen LogP contribution in [0.1, 0.15) is 19.2 Å². The van der Waals surface area contributed by atoms with Crippen LogP contribution in [0.2, 0.25) is 0 Å². The van der Waals surface area contributed by atoms with Gasteiger partial charge in [0.15, 0.2) is 0 Å². The number of para-hydroxylation sites is 1. The van der Waals surface area contributed by atoms with E-state index in [4.69, 9.17) is 9.15 Å². The van der Waals surface area contributed by atoms with Gasteiger partial charge in [-0.25, -0.2) is 0 Å². The zero-order valence-corrected chi connectivity index (χ0v) is 15.6. The van der Waals surface area contributed by atoms with Crippen LogP contribution in [0.5, 0.6) is 5.75 Å². The molecule has 0 saturated heterocycles. The highest BCUT2D eigenvalue weighted by Gasteiger charge is 2.14. The molecular formula is C20H20N4O4. The molecular weight excluding hydrogens is 360 g/mol. The smallest absolute Gasteiger partial charge is 0.251 e. The average molecular weight is 380 g/mol. The Hall–Kier alpha value is -3.68. The maximum atomic E-state index is 12.2. The van der Waals surface area contributed by atoms with Gasteiger partial charge in [-0.1, -0.05) is 18.2 Å². The molecule has 0 unspecified atom stereocenters. The molecule has 0 spiro atoms. The number of ether oxygens (including phenoxy) is 1. The molecule has 0 atom stereocenters. The van der Waals surface area contributed by atoms with Crippen LogP contribution < -0.4 is 15.4 Å². The van der Waals surface area contributed by atoms with Gasteiger partial charge >= 0.3 is 0 Å². The highest BCUT2D eigenvalue weighted by molar-refractivity contribution is 5.93. The predicted molar refractivity (Wildman–Crippen MR) is 104 cm³/mol. The van der Waals surface area contributed by atoms with E-state index in [1.807, 2.05) is 24.3 Å². The Kier molecular flexibility index (Phi) is 6.01. The van der Waals surface area contributed by atoms with Crippen molar-refractivity contribution < 1.29 is 18.7 Å². The topological polar surface area (TPSA) is 106 Å². The van der Waals surface area contributed by atoms with E-state index in [0.29, 0.717) is 40.9 Å². The van der Waals surface area contributed by atoms with Crippen molar-refractivity contribution in [1.29, 1.82) is 0 Å². The molecule has 0 aliphatic rings. The minimum Gasteiger partial charge on any atom is -0.496 e. The number of hydrogen-bond acceptors (Lipinski definition) is 6. The van der Waals surface area contributed by atoms with Gasteiger partial charge in [-0.05, 0) is 30.3 Å². The van der Waals surface area contributed by atoms with E-state index < -0.39 is 0 Å². The van der Waals surface area contributed by atoms with Gasteiger partial charge in [-0.2, -0.15) is 0 Å². The summed E-state index contributed by atoms with van der Waals surface area (Å²) in [6, 6.07) is 14.3. The van der Waals surface area contributed by atoms with Gasteiger partial charge in [0.05, 0.1) is 12.7 Å². The number of anilines is 2. The summed E-state index contributed by atoms with van der Waals surface area (Å²) in [5.74, 6) is 0.969. The lowest BCUT2D eigenvalue weighted by atomic mass is 10.2. The molecule has 3 aromatic rings. The lowest BCUT2D eigenvalue weighted by Gasteiger charge is -2.07. The second-order valence-corrected chi connectivity index (χ2v) is 6.01. The maximum Gasteiger partial charge on any atom is 0.251 e. The number of carbonyl (C=O) groups is 2. The van der Waals surface area contributed by atoms with E-state index in [-0.39, 0.29) is 18.2 Å². The normalized spacial score (nSPS) is 10.4. The monoisotopic (exact) mass is 380 g/mol. The summed E-state index contributed by atoms with van der Waals surface area (Å²) in [7, 11) is 1.57. The molecule has 2 N–H and O–H groups in total.